The summed E-state index contributed by atoms with van der Waals surface area (Å²) in [5.74, 6) is -3.18. The van der Waals surface area contributed by atoms with Gasteiger partial charge in [-0.2, -0.15) is 0 Å². The second-order valence-corrected chi connectivity index (χ2v) is 10.7. The number of hydrogen-bond acceptors (Lipinski definition) is 4. The predicted molar refractivity (Wildman–Crippen MR) is 152 cm³/mol. The maximum absolute atomic E-state index is 15.2. The summed E-state index contributed by atoms with van der Waals surface area (Å²) >= 11 is 6.13. The number of amides is 1. The number of benzene rings is 4. The Kier molecular flexibility index (Phi) is 5.51. The van der Waals surface area contributed by atoms with E-state index in [-0.39, 0.29) is 11.5 Å². The number of ketones is 2. The number of nitrogens with one attached hydrogen (secondary N) is 1. The first-order valence-electron chi connectivity index (χ1n) is 13.0. The van der Waals surface area contributed by atoms with Gasteiger partial charge in [0.05, 0.1) is 17.5 Å². The van der Waals surface area contributed by atoms with Gasteiger partial charge in [-0.15, -0.1) is 0 Å². The normalized spacial score (nSPS) is 23.9. The maximum Gasteiger partial charge on any atom is 0.238 e. The van der Waals surface area contributed by atoms with Crippen molar-refractivity contribution in [3.05, 3.63) is 136 Å². The first-order chi connectivity index (χ1) is 19.4. The van der Waals surface area contributed by atoms with Gasteiger partial charge in [0, 0.05) is 22.0 Å². The topological polar surface area (TPSA) is 66.5 Å². The summed E-state index contributed by atoms with van der Waals surface area (Å²) in [6.07, 6.45) is 3.81. The molecule has 5 nitrogen and oxygen atoms in total. The third-order valence-corrected chi connectivity index (χ3v) is 8.61. The molecule has 4 atom stereocenters. The third kappa shape index (κ3) is 3.29. The van der Waals surface area contributed by atoms with Crippen LogP contribution in [0.25, 0.3) is 6.08 Å². The van der Waals surface area contributed by atoms with E-state index in [0.29, 0.717) is 27.5 Å². The highest BCUT2D eigenvalue weighted by atomic mass is 35.5. The van der Waals surface area contributed by atoms with E-state index >= 15 is 4.39 Å². The first-order valence-corrected chi connectivity index (χ1v) is 13.4. The molecule has 4 aromatic carbocycles. The van der Waals surface area contributed by atoms with E-state index in [1.807, 2.05) is 59.5 Å². The van der Waals surface area contributed by atoms with Crippen LogP contribution in [-0.4, -0.2) is 29.6 Å². The standard InChI is InChI=1S/C33H22ClFN2O3/c34-21-16-13-20(14-17-21)30(38)28-29(31(39)22-8-2-4-10-24(22)35)37-26-12-6-1-7-19(26)15-18-27(37)33(28)23-9-3-5-11-25(23)36-32(33)40/h1-18,27-29H,(H,36,40). The maximum atomic E-state index is 15.2. The molecule has 196 valence electrons. The summed E-state index contributed by atoms with van der Waals surface area (Å²) in [6, 6.07) is 25.1. The number of Topliss-reactive ketones (excluding diaryl/α,β-unsaturated/α-hetero) is 2. The molecular weight excluding hydrogens is 527 g/mol. The van der Waals surface area contributed by atoms with Crippen molar-refractivity contribution in [2.45, 2.75) is 17.5 Å². The van der Waals surface area contributed by atoms with E-state index in [0.717, 1.165) is 5.56 Å². The Morgan fingerprint density at radius 1 is 0.850 bits per heavy atom. The van der Waals surface area contributed by atoms with Gasteiger partial charge in [0.25, 0.3) is 0 Å². The van der Waals surface area contributed by atoms with Crippen molar-refractivity contribution in [2.24, 2.45) is 5.92 Å². The van der Waals surface area contributed by atoms with Gasteiger partial charge >= 0.3 is 0 Å². The summed E-state index contributed by atoms with van der Waals surface area (Å²) < 4.78 is 15.2. The quantitative estimate of drug-likeness (QED) is 0.302. The Morgan fingerprint density at radius 2 is 1.55 bits per heavy atom. The molecule has 40 heavy (non-hydrogen) atoms. The predicted octanol–water partition coefficient (Wildman–Crippen LogP) is 6.34. The highest BCUT2D eigenvalue weighted by Gasteiger charge is 2.70. The minimum atomic E-state index is -1.46. The van der Waals surface area contributed by atoms with E-state index in [2.05, 4.69) is 5.32 Å². The third-order valence-electron chi connectivity index (χ3n) is 8.36. The fourth-order valence-corrected chi connectivity index (χ4v) is 6.86. The zero-order valence-electron chi connectivity index (χ0n) is 21.1. The Bertz CT molecular complexity index is 1750. The Balaban J connectivity index is 1.55. The molecule has 4 unspecified atom stereocenters. The summed E-state index contributed by atoms with van der Waals surface area (Å²) in [6.45, 7) is 0. The van der Waals surface area contributed by atoms with E-state index < -0.39 is 40.8 Å². The van der Waals surface area contributed by atoms with Crippen LogP contribution in [0.15, 0.2) is 103 Å². The van der Waals surface area contributed by atoms with Gasteiger partial charge in [-0.3, -0.25) is 14.4 Å². The fraction of sp³-hybridized carbons (Fsp3) is 0.121. The molecule has 1 N–H and O–H groups in total. The van der Waals surface area contributed by atoms with E-state index in [4.69, 9.17) is 11.6 Å². The van der Waals surface area contributed by atoms with Crippen LogP contribution in [0.5, 0.6) is 0 Å². The minimum absolute atomic E-state index is 0.129. The monoisotopic (exact) mass is 548 g/mol. The molecule has 0 aliphatic carbocycles. The fourth-order valence-electron chi connectivity index (χ4n) is 6.73. The highest BCUT2D eigenvalue weighted by Crippen LogP contribution is 2.58. The average Bonchev–Trinajstić information content (AvgIpc) is 3.45. The molecule has 4 aromatic rings. The molecule has 7 rings (SSSR count). The number of fused-ring (bicyclic) bond motifs is 6. The van der Waals surface area contributed by atoms with Crippen LogP contribution in [0.2, 0.25) is 5.02 Å². The van der Waals surface area contributed by atoms with Crippen LogP contribution < -0.4 is 10.2 Å². The second-order valence-electron chi connectivity index (χ2n) is 10.3. The zero-order chi connectivity index (χ0) is 27.6. The van der Waals surface area contributed by atoms with E-state index in [1.165, 1.54) is 18.2 Å². The van der Waals surface area contributed by atoms with Crippen molar-refractivity contribution in [3.63, 3.8) is 0 Å². The van der Waals surface area contributed by atoms with E-state index in [9.17, 15) is 14.4 Å². The number of halogens is 2. The smallest absolute Gasteiger partial charge is 0.238 e. The van der Waals surface area contributed by atoms with Crippen LogP contribution in [0.4, 0.5) is 15.8 Å². The average molecular weight is 549 g/mol. The second kappa shape index (κ2) is 9.00. The first kappa shape index (κ1) is 24.5. The van der Waals surface area contributed by atoms with E-state index in [1.54, 1.807) is 36.4 Å². The molecule has 0 aromatic heterocycles. The molecule has 1 amide bonds. The van der Waals surface area contributed by atoms with Crippen molar-refractivity contribution in [1.29, 1.82) is 0 Å². The molecule has 0 saturated carbocycles. The number of para-hydroxylation sites is 2. The summed E-state index contributed by atoms with van der Waals surface area (Å²) in [5, 5.41) is 3.44. The van der Waals surface area contributed by atoms with Gasteiger partial charge in [0.1, 0.15) is 17.3 Å². The van der Waals surface area contributed by atoms with Crippen LogP contribution >= 0.6 is 11.6 Å². The highest BCUT2D eigenvalue weighted by molar-refractivity contribution is 6.30. The lowest BCUT2D eigenvalue weighted by atomic mass is 9.64. The molecule has 1 saturated heterocycles. The number of anilines is 2. The molecule has 0 bridgehead atoms. The van der Waals surface area contributed by atoms with Gasteiger partial charge in [0.2, 0.25) is 5.91 Å². The number of rotatable bonds is 4. The van der Waals surface area contributed by atoms with Crippen molar-refractivity contribution in [1.82, 2.24) is 0 Å². The molecule has 1 spiro atoms. The molecule has 3 heterocycles. The SMILES string of the molecule is O=C(c1ccccc1F)C1C(C(=O)c2ccc(Cl)cc2)C2(C(=O)Nc3ccccc32)C2C=Cc3ccccc3N12. The Morgan fingerprint density at radius 3 is 2.35 bits per heavy atom. The number of carbonyl (C=O) groups is 3. The Hall–Kier alpha value is -4.55. The van der Waals surface area contributed by atoms with Crippen molar-refractivity contribution in [2.75, 3.05) is 10.2 Å². The lowest BCUT2D eigenvalue weighted by Crippen LogP contribution is -2.51. The van der Waals surface area contributed by atoms with Gasteiger partial charge < -0.3 is 10.2 Å². The summed E-state index contributed by atoms with van der Waals surface area (Å²) in [5.41, 5.74) is 1.50. The van der Waals surface area contributed by atoms with Crippen molar-refractivity contribution in [3.8, 4) is 0 Å². The largest absolute Gasteiger partial charge is 0.352 e. The molecule has 3 aliphatic heterocycles. The lowest BCUT2D eigenvalue weighted by Gasteiger charge is -2.37. The van der Waals surface area contributed by atoms with Gasteiger partial charge in [0.15, 0.2) is 11.6 Å². The number of nitrogens with zero attached hydrogens (tertiary/aromatic N) is 1. The molecular formula is C33H22ClFN2O3. The van der Waals surface area contributed by atoms with Crippen LogP contribution in [-0.2, 0) is 10.2 Å². The zero-order valence-corrected chi connectivity index (χ0v) is 21.8. The van der Waals surface area contributed by atoms with Crippen molar-refractivity contribution >= 4 is 46.5 Å². The van der Waals surface area contributed by atoms with Crippen LogP contribution in [0, 0.1) is 11.7 Å². The molecule has 7 heteroatoms. The number of hydrogen-bond donors (Lipinski definition) is 1. The number of carbonyl (C=O) groups excluding carboxylic acids is 3. The summed E-state index contributed by atoms with van der Waals surface area (Å²) in [4.78, 5) is 45.2. The molecule has 0 radical (unpaired) electrons. The van der Waals surface area contributed by atoms with Gasteiger partial charge in [-0.1, -0.05) is 72.3 Å². The lowest BCUT2D eigenvalue weighted by molar-refractivity contribution is -0.121. The molecule has 1 fully saturated rings. The minimum Gasteiger partial charge on any atom is -0.352 e. The van der Waals surface area contributed by atoms with Crippen molar-refractivity contribution < 1.29 is 18.8 Å². The Labute approximate surface area is 234 Å². The van der Waals surface area contributed by atoms with Crippen LogP contribution in [0.1, 0.15) is 31.8 Å². The molecule has 3 aliphatic rings. The van der Waals surface area contributed by atoms with Gasteiger partial charge in [-0.05, 0) is 59.7 Å². The summed E-state index contributed by atoms with van der Waals surface area (Å²) in [7, 11) is 0. The van der Waals surface area contributed by atoms with Crippen LogP contribution in [0.3, 0.4) is 0 Å². The van der Waals surface area contributed by atoms with Gasteiger partial charge in [-0.25, -0.2) is 4.39 Å².